The molecule has 1 aromatic carbocycles. The molecule has 0 aromatic heterocycles. The summed E-state index contributed by atoms with van der Waals surface area (Å²) in [6.07, 6.45) is -15.7. The summed E-state index contributed by atoms with van der Waals surface area (Å²) in [6, 6.07) is 4.83. The van der Waals surface area contributed by atoms with Crippen molar-refractivity contribution in [3.8, 4) is 5.75 Å². The van der Waals surface area contributed by atoms with Crippen molar-refractivity contribution in [1.82, 2.24) is 0 Å². The van der Waals surface area contributed by atoms with E-state index >= 15 is 0 Å². The SMILES string of the molecule is O=[N+]([O-])c1ccc(O[C@@H]2OC(CO)[C@@H](O[C@@H]3OC(CO)[C@@H](O)C(O)[C@@H]3O)C(O)[C@@H]2O)cc1. The molecule has 2 saturated heterocycles. The van der Waals surface area contributed by atoms with E-state index in [0.29, 0.717) is 0 Å². The molecule has 4 unspecified atom stereocenters. The highest BCUT2D eigenvalue weighted by molar-refractivity contribution is 5.36. The highest BCUT2D eigenvalue weighted by Gasteiger charge is 2.51. The van der Waals surface area contributed by atoms with Gasteiger partial charge in [0.25, 0.3) is 5.69 Å². The molecule has 0 amide bonds. The van der Waals surface area contributed by atoms with Crippen molar-refractivity contribution >= 4 is 5.69 Å². The van der Waals surface area contributed by atoms with Gasteiger partial charge < -0.3 is 54.7 Å². The molecule has 0 aliphatic carbocycles. The van der Waals surface area contributed by atoms with Crippen molar-refractivity contribution in [3.63, 3.8) is 0 Å². The van der Waals surface area contributed by atoms with E-state index in [1.165, 1.54) is 12.1 Å². The smallest absolute Gasteiger partial charge is 0.269 e. The summed E-state index contributed by atoms with van der Waals surface area (Å²) in [6.45, 7) is -1.42. The van der Waals surface area contributed by atoms with Crippen LogP contribution >= 0.6 is 0 Å². The molecule has 14 heteroatoms. The van der Waals surface area contributed by atoms with Gasteiger partial charge in [-0.15, -0.1) is 0 Å². The molecular formula is C18H25NO13. The summed E-state index contributed by atoms with van der Waals surface area (Å²) in [5, 5.41) is 80.4. The first kappa shape index (κ1) is 24.7. The molecule has 0 spiro atoms. The van der Waals surface area contributed by atoms with E-state index in [9.17, 15) is 45.9 Å². The second-order valence-corrected chi connectivity index (χ2v) is 7.37. The third kappa shape index (κ3) is 4.99. The lowest BCUT2D eigenvalue weighted by Gasteiger charge is -2.45. The van der Waals surface area contributed by atoms with Crippen molar-refractivity contribution in [3.05, 3.63) is 34.4 Å². The van der Waals surface area contributed by atoms with Crippen LogP contribution in [0.1, 0.15) is 0 Å². The highest BCUT2D eigenvalue weighted by Crippen LogP contribution is 2.30. The molecule has 2 heterocycles. The molecule has 2 fully saturated rings. The van der Waals surface area contributed by atoms with Crippen LogP contribution in [0, 0.1) is 10.1 Å². The number of aliphatic hydroxyl groups is 7. The predicted octanol–water partition coefficient (Wildman–Crippen LogP) is -3.40. The van der Waals surface area contributed by atoms with Crippen LogP contribution in [0.3, 0.4) is 0 Å². The number of nitro groups is 1. The Hall–Kier alpha value is -1.98. The number of aliphatic hydroxyl groups excluding tert-OH is 7. The zero-order valence-electron chi connectivity index (χ0n) is 16.5. The second kappa shape index (κ2) is 10.3. The van der Waals surface area contributed by atoms with Crippen LogP contribution in [-0.2, 0) is 14.2 Å². The van der Waals surface area contributed by atoms with Crippen molar-refractivity contribution in [1.29, 1.82) is 0 Å². The Labute approximate surface area is 180 Å². The Morgan fingerprint density at radius 3 is 1.94 bits per heavy atom. The summed E-state index contributed by atoms with van der Waals surface area (Å²) in [5.74, 6) is 0.0804. The number of nitrogens with zero attached hydrogens (tertiary/aromatic N) is 1. The first-order valence-electron chi connectivity index (χ1n) is 9.67. The summed E-state index contributed by atoms with van der Waals surface area (Å²) in [5.41, 5.74) is -0.191. The molecule has 0 bridgehead atoms. The maximum atomic E-state index is 10.7. The molecule has 14 nitrogen and oxygen atoms in total. The second-order valence-electron chi connectivity index (χ2n) is 7.37. The fraction of sp³-hybridized carbons (Fsp3) is 0.667. The number of benzene rings is 1. The van der Waals surface area contributed by atoms with Gasteiger partial charge in [0.1, 0.15) is 54.6 Å². The first-order valence-corrected chi connectivity index (χ1v) is 9.67. The molecule has 1 aromatic rings. The number of rotatable bonds is 7. The van der Waals surface area contributed by atoms with E-state index < -0.39 is 79.5 Å². The summed E-state index contributed by atoms with van der Waals surface area (Å²) >= 11 is 0. The van der Waals surface area contributed by atoms with Crippen LogP contribution in [0.15, 0.2) is 24.3 Å². The lowest BCUT2D eigenvalue weighted by Crippen LogP contribution is -2.65. The molecule has 10 atom stereocenters. The Kier molecular flexibility index (Phi) is 7.94. The maximum Gasteiger partial charge on any atom is 0.269 e. The maximum absolute atomic E-state index is 10.7. The van der Waals surface area contributed by atoms with Gasteiger partial charge in [0.05, 0.1) is 18.1 Å². The number of ether oxygens (including phenoxy) is 4. The van der Waals surface area contributed by atoms with Crippen molar-refractivity contribution < 1.29 is 59.6 Å². The molecule has 180 valence electrons. The lowest BCUT2D eigenvalue weighted by molar-refractivity contribution is -0.384. The highest BCUT2D eigenvalue weighted by atomic mass is 16.7. The van der Waals surface area contributed by atoms with E-state index in [-0.39, 0.29) is 11.4 Å². The third-order valence-electron chi connectivity index (χ3n) is 5.26. The monoisotopic (exact) mass is 463 g/mol. The van der Waals surface area contributed by atoms with E-state index in [1.54, 1.807) is 0 Å². The van der Waals surface area contributed by atoms with Crippen LogP contribution in [0.5, 0.6) is 5.75 Å². The average Bonchev–Trinajstić information content (AvgIpc) is 2.79. The molecule has 0 saturated carbocycles. The molecular weight excluding hydrogens is 438 g/mol. The van der Waals surface area contributed by atoms with E-state index in [2.05, 4.69) is 0 Å². The molecule has 7 N–H and O–H groups in total. The predicted molar refractivity (Wildman–Crippen MR) is 100 cm³/mol. The minimum Gasteiger partial charge on any atom is -0.462 e. The number of non-ortho nitro benzene ring substituents is 1. The summed E-state index contributed by atoms with van der Waals surface area (Å²) in [7, 11) is 0. The quantitative estimate of drug-likeness (QED) is 0.155. The van der Waals surface area contributed by atoms with Gasteiger partial charge in [0.15, 0.2) is 6.29 Å². The van der Waals surface area contributed by atoms with Gasteiger partial charge in [0, 0.05) is 12.1 Å². The van der Waals surface area contributed by atoms with Crippen LogP contribution in [0.2, 0.25) is 0 Å². The normalized spacial score (nSPS) is 40.1. The molecule has 32 heavy (non-hydrogen) atoms. The van der Waals surface area contributed by atoms with Gasteiger partial charge >= 0.3 is 0 Å². The lowest BCUT2D eigenvalue weighted by atomic mass is 9.97. The third-order valence-corrected chi connectivity index (χ3v) is 5.26. The fourth-order valence-corrected chi connectivity index (χ4v) is 3.43. The molecule has 2 aliphatic rings. The molecule has 3 rings (SSSR count). The largest absolute Gasteiger partial charge is 0.462 e. The summed E-state index contributed by atoms with van der Waals surface area (Å²) < 4.78 is 21.5. The van der Waals surface area contributed by atoms with E-state index in [1.807, 2.05) is 0 Å². The van der Waals surface area contributed by atoms with Gasteiger partial charge in [-0.05, 0) is 12.1 Å². The Bertz CT molecular complexity index is 760. The zero-order valence-corrected chi connectivity index (χ0v) is 16.5. The number of hydrogen-bond acceptors (Lipinski definition) is 13. The Morgan fingerprint density at radius 2 is 1.38 bits per heavy atom. The van der Waals surface area contributed by atoms with E-state index in [0.717, 1.165) is 12.1 Å². The van der Waals surface area contributed by atoms with Crippen molar-refractivity contribution in [2.75, 3.05) is 13.2 Å². The zero-order chi connectivity index (χ0) is 23.6. The fourth-order valence-electron chi connectivity index (χ4n) is 3.43. The Morgan fingerprint density at radius 1 is 0.812 bits per heavy atom. The number of nitro benzene ring substituents is 1. The number of hydrogen-bond donors (Lipinski definition) is 7. The van der Waals surface area contributed by atoms with Crippen LogP contribution in [0.4, 0.5) is 5.69 Å². The van der Waals surface area contributed by atoms with Crippen molar-refractivity contribution in [2.45, 2.75) is 61.4 Å². The molecule has 0 radical (unpaired) electrons. The standard InChI is InChI=1S/C18H25NO13/c20-5-9-11(22)12(23)14(25)18(30-9)32-16-10(6-21)31-17(15(26)13(16)24)29-8-3-1-7(2-4-8)19(27)28/h1-4,9-18,20-26H,5-6H2/t9?,10?,11-,12?,13?,14+,15+,16-,17-,18+/m1/s1. The van der Waals surface area contributed by atoms with E-state index in [4.69, 9.17) is 18.9 Å². The van der Waals surface area contributed by atoms with Gasteiger partial charge in [-0.2, -0.15) is 0 Å². The van der Waals surface area contributed by atoms with Gasteiger partial charge in [-0.1, -0.05) is 0 Å². The average molecular weight is 463 g/mol. The van der Waals surface area contributed by atoms with Crippen LogP contribution in [-0.4, -0.2) is 115 Å². The first-order chi connectivity index (χ1) is 15.2. The summed E-state index contributed by atoms with van der Waals surface area (Å²) in [4.78, 5) is 10.1. The topological polar surface area (TPSA) is 222 Å². The van der Waals surface area contributed by atoms with Crippen LogP contribution < -0.4 is 4.74 Å². The van der Waals surface area contributed by atoms with Crippen molar-refractivity contribution in [2.24, 2.45) is 0 Å². The Balaban J connectivity index is 1.70. The van der Waals surface area contributed by atoms with Gasteiger partial charge in [0.2, 0.25) is 6.29 Å². The van der Waals surface area contributed by atoms with Gasteiger partial charge in [-0.3, -0.25) is 10.1 Å². The van der Waals surface area contributed by atoms with Crippen LogP contribution in [0.25, 0.3) is 0 Å². The molecule has 2 aliphatic heterocycles. The minimum absolute atomic E-state index is 0.0804. The minimum atomic E-state index is -1.77. The van der Waals surface area contributed by atoms with Gasteiger partial charge in [-0.25, -0.2) is 0 Å².